The van der Waals surface area contributed by atoms with Crippen molar-refractivity contribution in [2.75, 3.05) is 13.1 Å². The zero-order valence-corrected chi connectivity index (χ0v) is 10.6. The molecule has 94 valence electrons. The van der Waals surface area contributed by atoms with Crippen LogP contribution in [0.4, 0.5) is 0 Å². The fourth-order valence-electron chi connectivity index (χ4n) is 3.28. The second-order valence-corrected chi connectivity index (χ2v) is 5.51. The van der Waals surface area contributed by atoms with E-state index in [2.05, 4.69) is 35.6 Å². The summed E-state index contributed by atoms with van der Waals surface area (Å²) in [6.07, 6.45) is 5.71. The van der Waals surface area contributed by atoms with Gasteiger partial charge in [0.05, 0.1) is 0 Å². The summed E-state index contributed by atoms with van der Waals surface area (Å²) in [6.45, 7) is 2.02. The fraction of sp³-hybridized carbons (Fsp3) is 0.438. The van der Waals surface area contributed by atoms with Gasteiger partial charge in [-0.1, -0.05) is 35.9 Å². The number of hydrogen-bond donors (Lipinski definition) is 1. The second-order valence-electron chi connectivity index (χ2n) is 5.51. The summed E-state index contributed by atoms with van der Waals surface area (Å²) >= 11 is 0. The highest BCUT2D eigenvalue weighted by molar-refractivity contribution is 5.91. The minimum atomic E-state index is 0.188. The fourth-order valence-corrected chi connectivity index (χ4v) is 3.28. The van der Waals surface area contributed by atoms with Crippen LogP contribution in [0.3, 0.4) is 0 Å². The molecule has 0 amide bonds. The molecule has 1 saturated heterocycles. The Balaban J connectivity index is 1.91. The van der Waals surface area contributed by atoms with Crippen LogP contribution in [0.25, 0.3) is 0 Å². The van der Waals surface area contributed by atoms with E-state index in [0.717, 1.165) is 32.4 Å². The Morgan fingerprint density at radius 2 is 2.00 bits per heavy atom. The van der Waals surface area contributed by atoms with E-state index in [9.17, 15) is 4.79 Å². The Morgan fingerprint density at radius 3 is 2.83 bits per heavy atom. The standard InChI is InChI=1S/C16H19NO/c18-15-6-8-16(11-13-4-2-1-3-5-13)12-17-9-7-14(16)10-15/h1-5,10,17H,6-9,11-12H2/t16-/m0/s1. The summed E-state index contributed by atoms with van der Waals surface area (Å²) in [6, 6.07) is 10.6. The van der Waals surface area contributed by atoms with Crippen molar-refractivity contribution >= 4 is 5.78 Å². The smallest absolute Gasteiger partial charge is 0.155 e. The molecule has 3 rings (SSSR count). The predicted molar refractivity (Wildman–Crippen MR) is 72.4 cm³/mol. The van der Waals surface area contributed by atoms with Gasteiger partial charge in [0.2, 0.25) is 0 Å². The van der Waals surface area contributed by atoms with E-state index < -0.39 is 0 Å². The lowest BCUT2D eigenvalue weighted by Crippen LogP contribution is -2.45. The molecule has 1 aromatic rings. The van der Waals surface area contributed by atoms with E-state index in [1.165, 1.54) is 11.1 Å². The van der Waals surface area contributed by atoms with Crippen LogP contribution in [0.1, 0.15) is 24.8 Å². The Kier molecular flexibility index (Phi) is 3.04. The first-order valence-electron chi connectivity index (χ1n) is 6.77. The average Bonchev–Trinajstić information content (AvgIpc) is 2.40. The minimum Gasteiger partial charge on any atom is -0.316 e. The zero-order valence-electron chi connectivity index (χ0n) is 10.6. The first kappa shape index (κ1) is 11.7. The van der Waals surface area contributed by atoms with Gasteiger partial charge < -0.3 is 5.32 Å². The van der Waals surface area contributed by atoms with Gasteiger partial charge in [-0.15, -0.1) is 0 Å². The van der Waals surface area contributed by atoms with Crippen LogP contribution in [-0.2, 0) is 11.2 Å². The van der Waals surface area contributed by atoms with Gasteiger partial charge in [-0.2, -0.15) is 0 Å². The second kappa shape index (κ2) is 4.69. The zero-order chi connectivity index (χ0) is 12.4. The van der Waals surface area contributed by atoms with Gasteiger partial charge in [0, 0.05) is 18.4 Å². The Bertz CT molecular complexity index is 477. The summed E-state index contributed by atoms with van der Waals surface area (Å²) in [5.74, 6) is 0.315. The predicted octanol–water partition coefficient (Wildman–Crippen LogP) is 2.50. The lowest BCUT2D eigenvalue weighted by molar-refractivity contribution is -0.115. The lowest BCUT2D eigenvalue weighted by atomic mass is 9.66. The molecule has 1 atom stereocenters. The highest BCUT2D eigenvalue weighted by Crippen LogP contribution is 2.42. The molecular weight excluding hydrogens is 222 g/mol. The van der Waals surface area contributed by atoms with E-state index in [-0.39, 0.29) is 5.41 Å². The maximum absolute atomic E-state index is 11.6. The molecule has 0 spiro atoms. The molecule has 0 radical (unpaired) electrons. The Labute approximate surface area is 108 Å². The molecule has 1 aliphatic carbocycles. The number of nitrogens with one attached hydrogen (secondary N) is 1. The summed E-state index contributed by atoms with van der Waals surface area (Å²) in [7, 11) is 0. The first-order chi connectivity index (χ1) is 8.78. The molecule has 2 nitrogen and oxygen atoms in total. The largest absolute Gasteiger partial charge is 0.316 e. The van der Waals surface area contributed by atoms with Crippen LogP contribution < -0.4 is 5.32 Å². The molecule has 1 heterocycles. The van der Waals surface area contributed by atoms with E-state index in [0.29, 0.717) is 12.2 Å². The van der Waals surface area contributed by atoms with E-state index in [1.54, 1.807) is 0 Å². The van der Waals surface area contributed by atoms with Crippen LogP contribution in [0.5, 0.6) is 0 Å². The summed E-state index contributed by atoms with van der Waals surface area (Å²) in [5.41, 5.74) is 2.94. The number of carbonyl (C=O) groups excluding carboxylic acids is 1. The molecule has 0 aromatic heterocycles. The molecular formula is C16H19NO. The van der Waals surface area contributed by atoms with Gasteiger partial charge >= 0.3 is 0 Å². The maximum atomic E-state index is 11.6. The van der Waals surface area contributed by atoms with Gasteiger partial charge in [-0.3, -0.25) is 4.79 Å². The third-order valence-electron chi connectivity index (χ3n) is 4.29. The molecule has 1 N–H and O–H groups in total. The number of carbonyl (C=O) groups is 1. The molecule has 18 heavy (non-hydrogen) atoms. The van der Waals surface area contributed by atoms with Crippen LogP contribution in [0, 0.1) is 5.41 Å². The number of fused-ring (bicyclic) bond motifs is 1. The number of rotatable bonds is 2. The monoisotopic (exact) mass is 241 g/mol. The van der Waals surface area contributed by atoms with Crippen molar-refractivity contribution in [2.24, 2.45) is 5.41 Å². The Morgan fingerprint density at radius 1 is 1.17 bits per heavy atom. The number of ketones is 1. The molecule has 1 aromatic carbocycles. The van der Waals surface area contributed by atoms with Gasteiger partial charge in [0.25, 0.3) is 0 Å². The average molecular weight is 241 g/mol. The van der Waals surface area contributed by atoms with E-state index in [4.69, 9.17) is 0 Å². The number of benzene rings is 1. The summed E-state index contributed by atoms with van der Waals surface area (Å²) < 4.78 is 0. The molecule has 1 aliphatic heterocycles. The van der Waals surface area contributed by atoms with Gasteiger partial charge in [-0.05, 0) is 37.4 Å². The quantitative estimate of drug-likeness (QED) is 0.862. The van der Waals surface area contributed by atoms with Crippen LogP contribution in [0.2, 0.25) is 0 Å². The van der Waals surface area contributed by atoms with Crippen molar-refractivity contribution in [3.05, 3.63) is 47.5 Å². The normalized spacial score (nSPS) is 27.6. The van der Waals surface area contributed by atoms with Crippen LogP contribution >= 0.6 is 0 Å². The molecule has 2 aliphatic rings. The molecule has 2 heteroatoms. The minimum absolute atomic E-state index is 0.188. The maximum Gasteiger partial charge on any atom is 0.155 e. The third-order valence-corrected chi connectivity index (χ3v) is 4.29. The van der Waals surface area contributed by atoms with Crippen molar-refractivity contribution in [3.63, 3.8) is 0 Å². The highest BCUT2D eigenvalue weighted by atomic mass is 16.1. The third kappa shape index (κ3) is 2.13. The van der Waals surface area contributed by atoms with Crippen molar-refractivity contribution in [1.82, 2.24) is 5.32 Å². The first-order valence-corrected chi connectivity index (χ1v) is 6.77. The lowest BCUT2D eigenvalue weighted by Gasteiger charge is -2.42. The van der Waals surface area contributed by atoms with Crippen molar-refractivity contribution in [2.45, 2.75) is 25.7 Å². The highest BCUT2D eigenvalue weighted by Gasteiger charge is 2.39. The van der Waals surface area contributed by atoms with Crippen molar-refractivity contribution in [1.29, 1.82) is 0 Å². The van der Waals surface area contributed by atoms with E-state index >= 15 is 0 Å². The topological polar surface area (TPSA) is 29.1 Å². The summed E-state index contributed by atoms with van der Waals surface area (Å²) in [4.78, 5) is 11.6. The Hall–Kier alpha value is -1.41. The number of hydrogen-bond acceptors (Lipinski definition) is 2. The molecule has 1 fully saturated rings. The van der Waals surface area contributed by atoms with Crippen LogP contribution in [0.15, 0.2) is 42.0 Å². The molecule has 0 saturated carbocycles. The van der Waals surface area contributed by atoms with Crippen LogP contribution in [-0.4, -0.2) is 18.9 Å². The van der Waals surface area contributed by atoms with Crippen molar-refractivity contribution in [3.8, 4) is 0 Å². The summed E-state index contributed by atoms with van der Waals surface area (Å²) in [5, 5.41) is 3.51. The van der Waals surface area contributed by atoms with Gasteiger partial charge in [0.1, 0.15) is 0 Å². The van der Waals surface area contributed by atoms with Gasteiger partial charge in [-0.25, -0.2) is 0 Å². The van der Waals surface area contributed by atoms with Crippen molar-refractivity contribution < 1.29 is 4.79 Å². The SMILES string of the molecule is O=C1C=C2CCNC[C@@]2(Cc2ccccc2)CC1. The number of piperidine rings is 1. The molecule has 0 bridgehead atoms. The van der Waals surface area contributed by atoms with E-state index in [1.807, 2.05) is 6.08 Å². The van der Waals surface area contributed by atoms with Gasteiger partial charge in [0.15, 0.2) is 5.78 Å². The molecule has 0 unspecified atom stereocenters. The number of allylic oxidation sites excluding steroid dienone is 1.